The van der Waals surface area contributed by atoms with Crippen molar-refractivity contribution in [2.75, 3.05) is 17.4 Å². The fourth-order valence-electron chi connectivity index (χ4n) is 5.07. The Morgan fingerprint density at radius 3 is 2.19 bits per heavy atom. The lowest BCUT2D eigenvalue weighted by atomic mass is 10.0. The summed E-state index contributed by atoms with van der Waals surface area (Å²) in [5.41, 5.74) is -0.0306. The second-order valence-corrected chi connectivity index (χ2v) is 13.2. The number of unbranched alkanes of at least 4 members (excludes halogenated alkanes) is 1. The van der Waals surface area contributed by atoms with Crippen LogP contribution < -0.4 is 9.62 Å². The van der Waals surface area contributed by atoms with Crippen LogP contribution in [0.1, 0.15) is 42.0 Å². The van der Waals surface area contributed by atoms with Gasteiger partial charge in [0.15, 0.2) is 0 Å². The lowest BCUT2D eigenvalue weighted by Gasteiger charge is -2.34. The minimum atomic E-state index is -4.80. The summed E-state index contributed by atoms with van der Waals surface area (Å²) in [6, 6.07) is 22.6. The van der Waals surface area contributed by atoms with Gasteiger partial charge in [-0.1, -0.05) is 85.6 Å². The van der Waals surface area contributed by atoms with Gasteiger partial charge >= 0.3 is 6.18 Å². The van der Waals surface area contributed by atoms with Gasteiger partial charge in [0, 0.05) is 25.1 Å². The summed E-state index contributed by atoms with van der Waals surface area (Å²) >= 11 is 0. The lowest BCUT2D eigenvalue weighted by molar-refractivity contribution is -0.140. The molecule has 0 saturated carbocycles. The number of carbonyl (C=O) groups is 2. The van der Waals surface area contributed by atoms with Gasteiger partial charge in [-0.2, -0.15) is 13.2 Å². The van der Waals surface area contributed by atoms with Crippen molar-refractivity contribution >= 4 is 27.5 Å². The molecule has 1 N–H and O–H groups in total. The molecule has 0 aromatic heterocycles. The summed E-state index contributed by atoms with van der Waals surface area (Å²) < 4.78 is 85.1. The minimum absolute atomic E-state index is 0.00720. The van der Waals surface area contributed by atoms with E-state index in [0.717, 1.165) is 35.1 Å². The Hall–Kier alpha value is -4.71. The second-order valence-electron chi connectivity index (χ2n) is 11.3. The van der Waals surface area contributed by atoms with Crippen molar-refractivity contribution < 1.29 is 35.6 Å². The average molecular weight is 684 g/mol. The molecule has 0 bridgehead atoms. The van der Waals surface area contributed by atoms with E-state index in [4.69, 9.17) is 0 Å². The summed E-state index contributed by atoms with van der Waals surface area (Å²) in [5, 5.41) is 2.83. The molecule has 0 fully saturated rings. The Balaban J connectivity index is 1.84. The fourth-order valence-corrected chi connectivity index (χ4v) is 6.48. The van der Waals surface area contributed by atoms with Crippen LogP contribution in [-0.4, -0.2) is 44.3 Å². The molecule has 254 valence electrons. The first-order valence-electron chi connectivity index (χ1n) is 15.4. The Morgan fingerprint density at radius 2 is 1.54 bits per heavy atom. The molecular formula is C36H37F4N3O4S. The molecule has 0 heterocycles. The molecule has 0 spiro atoms. The predicted molar refractivity (Wildman–Crippen MR) is 176 cm³/mol. The van der Waals surface area contributed by atoms with Crippen LogP contribution in [0.2, 0.25) is 0 Å². The Morgan fingerprint density at radius 1 is 0.875 bits per heavy atom. The van der Waals surface area contributed by atoms with E-state index < -0.39 is 64.2 Å². The third-order valence-electron chi connectivity index (χ3n) is 7.75. The van der Waals surface area contributed by atoms with Crippen molar-refractivity contribution in [3.63, 3.8) is 0 Å². The van der Waals surface area contributed by atoms with Gasteiger partial charge in [-0.3, -0.25) is 13.9 Å². The van der Waals surface area contributed by atoms with Crippen molar-refractivity contribution in [2.45, 2.75) is 56.8 Å². The fraction of sp³-hybridized carbons (Fsp3) is 0.278. The normalized spacial score (nSPS) is 12.3. The van der Waals surface area contributed by atoms with E-state index in [-0.39, 0.29) is 16.9 Å². The Bertz CT molecular complexity index is 1800. The van der Waals surface area contributed by atoms with E-state index in [1.165, 1.54) is 42.5 Å². The summed E-state index contributed by atoms with van der Waals surface area (Å²) in [6.45, 7) is 2.60. The van der Waals surface area contributed by atoms with Crippen LogP contribution in [0.25, 0.3) is 0 Å². The topological polar surface area (TPSA) is 86.8 Å². The van der Waals surface area contributed by atoms with Crippen molar-refractivity contribution in [3.05, 3.63) is 131 Å². The number of amides is 2. The zero-order valence-electron chi connectivity index (χ0n) is 26.6. The number of nitrogens with one attached hydrogen (secondary N) is 1. The van der Waals surface area contributed by atoms with Gasteiger partial charge in [0.1, 0.15) is 18.4 Å². The molecule has 2 amide bonds. The number of benzene rings is 4. The quantitative estimate of drug-likeness (QED) is 0.116. The van der Waals surface area contributed by atoms with Gasteiger partial charge in [-0.25, -0.2) is 12.8 Å². The SMILES string of the molecule is CCCCNC(=O)C(Cc1ccccc1)N(Cc1ccccc1F)C(=O)CN(c1cccc(C(F)(F)F)c1)S(=O)(=O)c1ccc(C)cc1. The van der Waals surface area contributed by atoms with Crippen LogP contribution >= 0.6 is 0 Å². The molecule has 48 heavy (non-hydrogen) atoms. The highest BCUT2D eigenvalue weighted by Crippen LogP contribution is 2.33. The molecule has 1 unspecified atom stereocenters. The summed E-state index contributed by atoms with van der Waals surface area (Å²) in [7, 11) is -4.62. The van der Waals surface area contributed by atoms with Gasteiger partial charge in [0.2, 0.25) is 11.8 Å². The standard InChI is InChI=1S/C36H37F4N3O4S/c1-3-4-21-41-35(45)33(22-27-11-6-5-7-12-27)42(24-28-13-8-9-16-32(28)37)34(44)25-43(30-15-10-14-29(23-30)36(38,39)40)48(46,47)31-19-17-26(2)18-20-31/h5-20,23,33H,3-4,21-22,24-25H2,1-2H3,(H,41,45). The van der Waals surface area contributed by atoms with Crippen molar-refractivity contribution in [1.29, 1.82) is 0 Å². The number of halogens is 4. The lowest BCUT2D eigenvalue weighted by Crippen LogP contribution is -2.53. The first-order chi connectivity index (χ1) is 22.8. The average Bonchev–Trinajstić information content (AvgIpc) is 3.06. The van der Waals surface area contributed by atoms with Crippen molar-refractivity contribution in [3.8, 4) is 0 Å². The molecule has 0 radical (unpaired) electrons. The molecule has 4 aromatic rings. The van der Waals surface area contributed by atoms with Gasteiger partial charge in [0.05, 0.1) is 16.1 Å². The maximum atomic E-state index is 15.0. The minimum Gasteiger partial charge on any atom is -0.354 e. The molecule has 0 aliphatic heterocycles. The monoisotopic (exact) mass is 683 g/mol. The smallest absolute Gasteiger partial charge is 0.354 e. The van der Waals surface area contributed by atoms with Crippen molar-refractivity contribution in [1.82, 2.24) is 10.2 Å². The first-order valence-corrected chi connectivity index (χ1v) is 16.9. The highest BCUT2D eigenvalue weighted by Gasteiger charge is 2.36. The van der Waals surface area contributed by atoms with E-state index in [0.29, 0.717) is 28.9 Å². The summed E-state index contributed by atoms with van der Waals surface area (Å²) in [4.78, 5) is 29.0. The number of aryl methyl sites for hydroxylation is 1. The molecule has 4 aromatic carbocycles. The predicted octanol–water partition coefficient (Wildman–Crippen LogP) is 6.90. The number of sulfonamides is 1. The Kier molecular flexibility index (Phi) is 12.0. The van der Waals surface area contributed by atoms with E-state index in [9.17, 15) is 31.2 Å². The summed E-state index contributed by atoms with van der Waals surface area (Å²) in [5.74, 6) is -2.11. The molecule has 1 atom stereocenters. The van der Waals surface area contributed by atoms with Crippen LogP contribution in [0.4, 0.5) is 23.2 Å². The third kappa shape index (κ3) is 9.21. The number of nitrogens with zero attached hydrogens (tertiary/aromatic N) is 2. The van der Waals surface area contributed by atoms with E-state index in [2.05, 4.69) is 5.32 Å². The third-order valence-corrected chi connectivity index (χ3v) is 9.54. The van der Waals surface area contributed by atoms with Crippen molar-refractivity contribution in [2.24, 2.45) is 0 Å². The highest BCUT2D eigenvalue weighted by atomic mass is 32.2. The van der Waals surface area contributed by atoms with Crippen LogP contribution in [0, 0.1) is 12.7 Å². The van der Waals surface area contributed by atoms with E-state index >= 15 is 4.39 Å². The maximum Gasteiger partial charge on any atom is 0.416 e. The van der Waals surface area contributed by atoms with Gasteiger partial charge in [-0.15, -0.1) is 0 Å². The number of rotatable bonds is 14. The number of hydrogen-bond donors (Lipinski definition) is 1. The van der Waals surface area contributed by atoms with Crippen LogP contribution in [0.5, 0.6) is 0 Å². The molecule has 0 aliphatic rings. The number of carbonyl (C=O) groups excluding carboxylic acids is 2. The molecule has 0 saturated heterocycles. The Labute approximate surface area is 278 Å². The summed E-state index contributed by atoms with van der Waals surface area (Å²) in [6.07, 6.45) is -3.35. The number of anilines is 1. The van der Waals surface area contributed by atoms with Gasteiger partial charge in [0.25, 0.3) is 10.0 Å². The van der Waals surface area contributed by atoms with E-state index in [1.807, 2.05) is 6.92 Å². The molecule has 0 aliphatic carbocycles. The largest absolute Gasteiger partial charge is 0.416 e. The zero-order valence-corrected chi connectivity index (χ0v) is 27.4. The number of alkyl halides is 3. The number of hydrogen-bond acceptors (Lipinski definition) is 4. The van der Waals surface area contributed by atoms with Crippen LogP contribution in [0.15, 0.2) is 108 Å². The molecular weight excluding hydrogens is 646 g/mol. The molecule has 7 nitrogen and oxygen atoms in total. The second kappa shape index (κ2) is 15.9. The first kappa shape index (κ1) is 36.1. The van der Waals surface area contributed by atoms with Crippen LogP contribution in [0.3, 0.4) is 0 Å². The van der Waals surface area contributed by atoms with Gasteiger partial charge in [-0.05, 0) is 55.3 Å². The van der Waals surface area contributed by atoms with E-state index in [1.54, 1.807) is 43.3 Å². The van der Waals surface area contributed by atoms with Crippen LogP contribution in [-0.2, 0) is 38.8 Å². The molecule has 12 heteroatoms. The van der Waals surface area contributed by atoms with Gasteiger partial charge < -0.3 is 10.2 Å². The highest BCUT2D eigenvalue weighted by molar-refractivity contribution is 7.92. The zero-order chi connectivity index (χ0) is 34.9. The maximum absolute atomic E-state index is 15.0. The molecule has 4 rings (SSSR count).